The molecule has 1 amide bonds. The maximum Gasteiger partial charge on any atom is 0.309 e. The van der Waals surface area contributed by atoms with Gasteiger partial charge < -0.3 is 10.1 Å². The average Bonchev–Trinajstić information content (AvgIpc) is 2.77. The van der Waals surface area contributed by atoms with Crippen molar-refractivity contribution in [2.24, 2.45) is 0 Å². The molecule has 0 bridgehead atoms. The van der Waals surface area contributed by atoms with Crippen LogP contribution in [0.4, 0.5) is 0 Å². The number of hydrogen-bond acceptors (Lipinski definition) is 5. The first-order chi connectivity index (χ1) is 14.3. The van der Waals surface area contributed by atoms with Gasteiger partial charge in [-0.3, -0.25) is 19.2 Å². The Balaban J connectivity index is -0.000000158. The molecule has 6 heteroatoms. The van der Waals surface area contributed by atoms with Crippen LogP contribution in [-0.2, 0) is 23.9 Å². The van der Waals surface area contributed by atoms with Gasteiger partial charge in [-0.05, 0) is 80.4 Å². The minimum atomic E-state index is -0.175. The molecule has 0 atom stereocenters. The number of likely N-dealkylation sites (N-methyl/N-ethyl adjacent to an activating group) is 1. The van der Waals surface area contributed by atoms with Crippen molar-refractivity contribution in [3.05, 3.63) is 46.6 Å². The predicted octanol–water partition coefficient (Wildman–Crippen LogP) is 5.30. The summed E-state index contributed by atoms with van der Waals surface area (Å²) in [6, 6.07) is 0. The lowest BCUT2D eigenvalue weighted by atomic mass is 10.2. The molecule has 0 aliphatic rings. The molecule has 178 valence electrons. The van der Waals surface area contributed by atoms with Crippen molar-refractivity contribution in [1.29, 1.82) is 0 Å². The summed E-state index contributed by atoms with van der Waals surface area (Å²) < 4.78 is 4.44. The summed E-state index contributed by atoms with van der Waals surface area (Å²) in [6.45, 7) is 17.9. The molecule has 0 aromatic heterocycles. The van der Waals surface area contributed by atoms with Gasteiger partial charge in [-0.25, -0.2) is 0 Å². The number of ketones is 2. The Morgan fingerprint density at radius 3 is 1.16 bits per heavy atom. The summed E-state index contributed by atoms with van der Waals surface area (Å²) in [5, 5.41) is 2.51. The van der Waals surface area contributed by atoms with Gasteiger partial charge in [0.1, 0.15) is 0 Å². The van der Waals surface area contributed by atoms with Crippen LogP contribution >= 0.6 is 0 Å². The first-order valence-electron chi connectivity index (χ1n) is 10.1. The van der Waals surface area contributed by atoms with Gasteiger partial charge in [0, 0.05) is 12.6 Å². The number of amides is 1. The van der Waals surface area contributed by atoms with Gasteiger partial charge in [-0.15, -0.1) is 0 Å². The van der Waals surface area contributed by atoms with Crippen molar-refractivity contribution in [2.75, 3.05) is 14.2 Å². The third-order valence-corrected chi connectivity index (χ3v) is 4.14. The highest BCUT2D eigenvalue weighted by molar-refractivity contribution is 5.93. The van der Waals surface area contributed by atoms with E-state index in [1.54, 1.807) is 33.9 Å². The first kappa shape index (κ1) is 35.7. The third kappa shape index (κ3) is 27.2. The fourth-order valence-electron chi connectivity index (χ4n) is 1.14. The number of ether oxygens (including phenoxy) is 1. The van der Waals surface area contributed by atoms with Gasteiger partial charge in [0.25, 0.3) is 0 Å². The second-order valence-electron chi connectivity index (χ2n) is 6.49. The van der Waals surface area contributed by atoms with E-state index in [0.29, 0.717) is 6.42 Å². The molecular weight excluding hydrogens is 394 g/mol. The molecule has 0 saturated carbocycles. The van der Waals surface area contributed by atoms with Crippen molar-refractivity contribution >= 4 is 23.4 Å². The fourth-order valence-corrected chi connectivity index (χ4v) is 1.14. The molecule has 31 heavy (non-hydrogen) atoms. The molecule has 0 rings (SSSR count). The number of hydrogen-bond donors (Lipinski definition) is 1. The molecule has 0 spiro atoms. The number of methoxy groups -OCH3 is 1. The number of nitrogens with one attached hydrogen (secondary N) is 1. The molecule has 0 aromatic carbocycles. The number of Topliss-reactive ketones (excluding diaryl/α,β-unsaturated/α-hetero) is 2. The predicted molar refractivity (Wildman–Crippen MR) is 130 cm³/mol. The van der Waals surface area contributed by atoms with Gasteiger partial charge in [0.2, 0.25) is 5.91 Å². The largest absolute Gasteiger partial charge is 0.469 e. The Kier molecular flexibility index (Phi) is 27.1. The third-order valence-electron chi connectivity index (χ3n) is 4.14. The Hall–Kier alpha value is -2.76. The molecule has 0 aromatic rings. The zero-order chi connectivity index (χ0) is 25.6. The SMILES string of the molecule is C/C=C(\C)C(=O)NC.C/C=C(\C)C(C)=O.C/C=C(\C)C(C)=O.C/C=C(\C)CC(=O)OC. The van der Waals surface area contributed by atoms with Gasteiger partial charge in [-0.1, -0.05) is 29.9 Å². The molecule has 0 aliphatic carbocycles. The Bertz CT molecular complexity index is 652. The summed E-state index contributed by atoms with van der Waals surface area (Å²) >= 11 is 0. The molecule has 1 N–H and O–H groups in total. The van der Waals surface area contributed by atoms with E-state index in [1.165, 1.54) is 7.11 Å². The van der Waals surface area contributed by atoms with E-state index in [9.17, 15) is 19.2 Å². The fraction of sp³-hybridized carbons (Fsp3) is 0.520. The van der Waals surface area contributed by atoms with Crippen LogP contribution in [0, 0.1) is 0 Å². The van der Waals surface area contributed by atoms with Gasteiger partial charge in [0.15, 0.2) is 11.6 Å². The molecule has 0 fully saturated rings. The molecule has 0 radical (unpaired) electrons. The van der Waals surface area contributed by atoms with Crippen molar-refractivity contribution in [3.63, 3.8) is 0 Å². The monoisotopic (exact) mass is 437 g/mol. The number of esters is 1. The minimum absolute atomic E-state index is 0.00694. The standard InChI is InChI=1S/C7H12O2.C6H11NO.2C6H10O/c1-4-6(2)5-7(8)9-3;1-4-5(2)6(8)7-3;2*1-4-5(2)6(3)7/h4H,5H2,1-3H3;4H,1-3H3,(H,7,8);2*4H,1-3H3/b6-4+;3*5-4+. The maximum atomic E-state index is 10.6. The van der Waals surface area contributed by atoms with Gasteiger partial charge >= 0.3 is 5.97 Å². The van der Waals surface area contributed by atoms with Gasteiger partial charge in [0.05, 0.1) is 13.5 Å². The van der Waals surface area contributed by atoms with Crippen LogP contribution < -0.4 is 5.32 Å². The summed E-state index contributed by atoms with van der Waals surface area (Å²) in [4.78, 5) is 41.7. The smallest absolute Gasteiger partial charge is 0.309 e. The van der Waals surface area contributed by atoms with E-state index in [0.717, 1.165) is 22.3 Å². The van der Waals surface area contributed by atoms with E-state index in [4.69, 9.17) is 0 Å². The number of carbonyl (C=O) groups excluding carboxylic acids is 4. The Morgan fingerprint density at radius 2 is 1.03 bits per heavy atom. The van der Waals surface area contributed by atoms with E-state index >= 15 is 0 Å². The number of allylic oxidation sites excluding steroid dienone is 6. The highest BCUT2D eigenvalue weighted by Crippen LogP contribution is 1.99. The van der Waals surface area contributed by atoms with Crippen molar-refractivity contribution < 1.29 is 23.9 Å². The van der Waals surface area contributed by atoms with Crippen LogP contribution in [0.1, 0.15) is 75.7 Å². The van der Waals surface area contributed by atoms with Crippen LogP contribution in [0.25, 0.3) is 0 Å². The first-order valence-corrected chi connectivity index (χ1v) is 10.1. The molecular formula is C25H43NO5. The summed E-state index contributed by atoms with van der Waals surface area (Å²) in [7, 11) is 3.01. The maximum absolute atomic E-state index is 10.6. The van der Waals surface area contributed by atoms with E-state index in [1.807, 2.05) is 66.7 Å². The number of carbonyl (C=O) groups is 4. The molecule has 0 saturated heterocycles. The van der Waals surface area contributed by atoms with Crippen molar-refractivity contribution in [3.8, 4) is 0 Å². The van der Waals surface area contributed by atoms with Crippen LogP contribution in [0.5, 0.6) is 0 Å². The number of rotatable bonds is 5. The molecule has 0 heterocycles. The lowest BCUT2D eigenvalue weighted by Crippen LogP contribution is -2.18. The minimum Gasteiger partial charge on any atom is -0.469 e. The van der Waals surface area contributed by atoms with Crippen molar-refractivity contribution in [2.45, 2.75) is 75.7 Å². The highest BCUT2D eigenvalue weighted by atomic mass is 16.5. The summed E-state index contributed by atoms with van der Waals surface area (Å²) in [5.41, 5.74) is 3.47. The van der Waals surface area contributed by atoms with E-state index < -0.39 is 0 Å². The lowest BCUT2D eigenvalue weighted by molar-refractivity contribution is -0.139. The second-order valence-corrected chi connectivity index (χ2v) is 6.49. The quantitative estimate of drug-likeness (QED) is 0.358. The van der Waals surface area contributed by atoms with Gasteiger partial charge in [-0.2, -0.15) is 0 Å². The van der Waals surface area contributed by atoms with E-state index in [2.05, 4.69) is 10.1 Å². The van der Waals surface area contributed by atoms with Crippen LogP contribution in [0.3, 0.4) is 0 Å². The molecule has 0 aliphatic heterocycles. The second kappa shape index (κ2) is 23.5. The summed E-state index contributed by atoms with van der Waals surface area (Å²) in [6.07, 6.45) is 7.70. The van der Waals surface area contributed by atoms with E-state index in [-0.39, 0.29) is 23.4 Å². The normalized spacial score (nSPS) is 11.4. The summed E-state index contributed by atoms with van der Waals surface area (Å²) in [5.74, 6) is 0.128. The Morgan fingerprint density at radius 1 is 0.677 bits per heavy atom. The average molecular weight is 438 g/mol. The highest BCUT2D eigenvalue weighted by Gasteiger charge is 1.98. The Labute approximate surface area is 189 Å². The van der Waals surface area contributed by atoms with Crippen LogP contribution in [0.15, 0.2) is 46.6 Å². The topological polar surface area (TPSA) is 89.5 Å². The molecule has 6 nitrogen and oxygen atoms in total. The zero-order valence-corrected chi connectivity index (χ0v) is 21.6. The lowest BCUT2D eigenvalue weighted by Gasteiger charge is -1.96. The molecule has 0 unspecified atom stereocenters. The van der Waals surface area contributed by atoms with Crippen molar-refractivity contribution in [1.82, 2.24) is 5.32 Å². The van der Waals surface area contributed by atoms with Crippen LogP contribution in [0.2, 0.25) is 0 Å². The van der Waals surface area contributed by atoms with Crippen LogP contribution in [-0.4, -0.2) is 37.6 Å². The zero-order valence-electron chi connectivity index (χ0n) is 21.6.